The largest absolute Gasteiger partial charge is 0.478 e. The Morgan fingerprint density at radius 1 is 1.10 bits per heavy atom. The van der Waals surface area contributed by atoms with Crippen LogP contribution in [0.3, 0.4) is 0 Å². The number of halogens is 2. The number of hydrogen-bond acceptors (Lipinski definition) is 8. The van der Waals surface area contributed by atoms with E-state index in [2.05, 4.69) is 20.8 Å². The van der Waals surface area contributed by atoms with Gasteiger partial charge in [-0.05, 0) is 44.4 Å². The van der Waals surface area contributed by atoms with E-state index >= 15 is 0 Å². The summed E-state index contributed by atoms with van der Waals surface area (Å²) in [5.74, 6) is -5.02. The molecule has 2 aromatic heterocycles. The molecule has 2 amide bonds. The van der Waals surface area contributed by atoms with Crippen LogP contribution in [-0.4, -0.2) is 89.0 Å². The molecule has 3 heterocycles. The third-order valence-electron chi connectivity index (χ3n) is 7.89. The normalized spacial score (nSPS) is 14.5. The summed E-state index contributed by atoms with van der Waals surface area (Å²) in [5, 5.41) is 22.4. The summed E-state index contributed by atoms with van der Waals surface area (Å²) in [5.41, 5.74) is 6.11. The minimum absolute atomic E-state index is 0.00882. The number of carbonyl (C=O) groups is 3. The van der Waals surface area contributed by atoms with Crippen molar-refractivity contribution in [2.45, 2.75) is 30.7 Å². The van der Waals surface area contributed by atoms with Crippen molar-refractivity contribution in [3.05, 3.63) is 88.4 Å². The van der Waals surface area contributed by atoms with Crippen molar-refractivity contribution in [2.24, 2.45) is 5.73 Å². The molecule has 0 fully saturated rings. The fourth-order valence-corrected chi connectivity index (χ4v) is 7.14. The molecule has 48 heavy (non-hydrogen) atoms. The lowest BCUT2D eigenvalue weighted by Crippen LogP contribution is -2.45. The maximum Gasteiger partial charge on any atom is 0.337 e. The van der Waals surface area contributed by atoms with E-state index in [0.29, 0.717) is 41.8 Å². The lowest BCUT2D eigenvalue weighted by atomic mass is 9.84. The molecule has 6 N–H and O–H groups in total. The average molecular weight is 685 g/mol. The van der Waals surface area contributed by atoms with Crippen molar-refractivity contribution in [2.75, 3.05) is 44.4 Å². The molecule has 254 valence electrons. The predicted octanol–water partition coefficient (Wildman–Crippen LogP) is 2.98. The summed E-state index contributed by atoms with van der Waals surface area (Å²) in [7, 11) is -0.638. The van der Waals surface area contributed by atoms with Crippen LogP contribution in [0.2, 0.25) is 0 Å². The number of nitrogens with two attached hydrogens (primary N) is 1. The van der Waals surface area contributed by atoms with Gasteiger partial charge in [0.2, 0.25) is 15.9 Å². The number of sulfonamides is 1. The van der Waals surface area contributed by atoms with Crippen molar-refractivity contribution in [3.63, 3.8) is 0 Å². The summed E-state index contributed by atoms with van der Waals surface area (Å²) >= 11 is 0. The smallest absolute Gasteiger partial charge is 0.337 e. The molecule has 0 aliphatic carbocycles. The van der Waals surface area contributed by atoms with Gasteiger partial charge in [-0.25, -0.2) is 22.0 Å². The van der Waals surface area contributed by atoms with Gasteiger partial charge >= 0.3 is 5.97 Å². The second kappa shape index (κ2) is 12.8. The number of carboxylic acid groups (broad SMARTS) is 1. The highest BCUT2D eigenvalue weighted by Crippen LogP contribution is 2.38. The topological polar surface area (TPSA) is 196 Å². The lowest BCUT2D eigenvalue weighted by Gasteiger charge is -2.36. The van der Waals surface area contributed by atoms with Gasteiger partial charge in [0.05, 0.1) is 33.0 Å². The number of fused-ring (bicyclic) bond motifs is 1. The van der Waals surface area contributed by atoms with E-state index in [9.17, 15) is 36.7 Å². The van der Waals surface area contributed by atoms with Crippen LogP contribution in [0.4, 0.5) is 20.3 Å². The van der Waals surface area contributed by atoms with Crippen molar-refractivity contribution in [1.82, 2.24) is 24.0 Å². The number of H-pyrrole nitrogens is 1. The Balaban J connectivity index is 1.53. The third kappa shape index (κ3) is 6.78. The van der Waals surface area contributed by atoms with E-state index in [-0.39, 0.29) is 35.6 Å². The number of anilines is 2. The zero-order valence-electron chi connectivity index (χ0n) is 26.5. The maximum atomic E-state index is 14.0. The number of aromatic amines is 1. The highest BCUT2D eigenvalue weighted by Gasteiger charge is 2.41. The molecule has 0 saturated carbocycles. The number of aromatic nitrogens is 3. The molecular weight excluding hydrogens is 650 g/mol. The van der Waals surface area contributed by atoms with Crippen LogP contribution in [0.1, 0.15) is 56.2 Å². The molecule has 0 radical (unpaired) electrons. The summed E-state index contributed by atoms with van der Waals surface area (Å²) in [4.78, 5) is 39.4. The van der Waals surface area contributed by atoms with Crippen LogP contribution in [0.5, 0.6) is 0 Å². The molecule has 0 bridgehead atoms. The SMILES string of the molecule is CN(C)CCNc1cc(C(N)=O)c(C(=O)Nc2n[nH]c3c2CN(S(=O)(=O)c2cc(F)cc(F)c2)CC3(C)C)cc1-n1ccc(C(=O)O)c1. The molecule has 0 saturated heterocycles. The number of rotatable bonds is 11. The Labute approximate surface area is 274 Å². The zero-order valence-corrected chi connectivity index (χ0v) is 27.3. The van der Waals surface area contributed by atoms with Gasteiger partial charge in [0, 0.05) is 61.3 Å². The van der Waals surface area contributed by atoms with Gasteiger partial charge in [0.1, 0.15) is 11.6 Å². The van der Waals surface area contributed by atoms with Crippen LogP contribution >= 0.6 is 0 Å². The molecule has 1 aliphatic rings. The van der Waals surface area contributed by atoms with E-state index < -0.39 is 49.8 Å². The number of nitrogens with one attached hydrogen (secondary N) is 3. The molecule has 14 nitrogen and oxygen atoms in total. The molecule has 5 rings (SSSR count). The number of benzene rings is 2. The van der Waals surface area contributed by atoms with Crippen LogP contribution in [0, 0.1) is 11.6 Å². The lowest BCUT2D eigenvalue weighted by molar-refractivity contribution is 0.0696. The molecule has 0 atom stereocenters. The summed E-state index contributed by atoms with van der Waals surface area (Å²) in [6.07, 6.45) is 2.85. The first-order valence-electron chi connectivity index (χ1n) is 14.6. The fourth-order valence-electron chi connectivity index (χ4n) is 5.53. The first-order valence-corrected chi connectivity index (χ1v) is 16.1. The van der Waals surface area contributed by atoms with Crippen LogP contribution in [-0.2, 0) is 22.0 Å². The highest BCUT2D eigenvalue weighted by molar-refractivity contribution is 7.89. The first-order chi connectivity index (χ1) is 22.5. The standard InChI is InChI=1S/C31H34F2N8O6S/c1-31(2)16-41(48(46,47)20-10-18(32)9-19(33)11-20)15-23-26(31)37-38-28(23)36-29(43)22-13-25(40-7-5-17(14-40)30(44)45)24(12-21(22)27(34)42)35-6-8-39(3)4/h5,7,9-14,35H,6,8,15-16H2,1-4H3,(H2,34,42)(H,44,45)(H2,36,37,38,43). The number of carboxylic acids is 1. The molecule has 2 aromatic carbocycles. The number of carbonyl (C=O) groups excluding carboxylic acids is 2. The Kier molecular flexibility index (Phi) is 9.13. The number of hydrogen-bond donors (Lipinski definition) is 5. The Hall–Kier alpha value is -5.13. The Bertz CT molecular complexity index is 2020. The van der Waals surface area contributed by atoms with E-state index in [4.69, 9.17) is 5.73 Å². The van der Waals surface area contributed by atoms with Gasteiger partial charge in [-0.1, -0.05) is 13.8 Å². The number of primary amides is 1. The quantitative estimate of drug-likeness (QED) is 0.158. The number of likely N-dealkylation sites (N-methyl/N-ethyl adjacent to an activating group) is 1. The van der Waals surface area contributed by atoms with E-state index in [1.807, 2.05) is 19.0 Å². The van der Waals surface area contributed by atoms with E-state index in [1.54, 1.807) is 13.8 Å². The fraction of sp³-hybridized carbons (Fsp3) is 0.290. The minimum atomic E-state index is -4.39. The second-order valence-electron chi connectivity index (χ2n) is 12.3. The van der Waals surface area contributed by atoms with Gasteiger partial charge in [-0.3, -0.25) is 14.7 Å². The predicted molar refractivity (Wildman–Crippen MR) is 172 cm³/mol. The number of aromatic carboxylic acids is 1. The van der Waals surface area contributed by atoms with Gasteiger partial charge in [0.15, 0.2) is 5.82 Å². The van der Waals surface area contributed by atoms with Crippen molar-refractivity contribution in [1.29, 1.82) is 0 Å². The zero-order chi connectivity index (χ0) is 35.1. The molecule has 0 spiro atoms. The van der Waals surface area contributed by atoms with Gasteiger partial charge in [-0.2, -0.15) is 9.40 Å². The van der Waals surface area contributed by atoms with Gasteiger partial charge < -0.3 is 30.9 Å². The van der Waals surface area contributed by atoms with Crippen LogP contribution in [0.15, 0.2) is 53.7 Å². The second-order valence-corrected chi connectivity index (χ2v) is 14.2. The molecule has 0 unspecified atom stereocenters. The third-order valence-corrected chi connectivity index (χ3v) is 9.66. The molecule has 1 aliphatic heterocycles. The monoisotopic (exact) mass is 684 g/mol. The summed E-state index contributed by atoms with van der Waals surface area (Å²) in [6, 6.07) is 6.19. The van der Waals surface area contributed by atoms with Crippen molar-refractivity contribution < 1.29 is 36.7 Å². The minimum Gasteiger partial charge on any atom is -0.478 e. The molecule has 4 aromatic rings. The van der Waals surface area contributed by atoms with Gasteiger partial charge in [0.25, 0.3) is 5.91 Å². The van der Waals surface area contributed by atoms with E-state index in [0.717, 1.165) is 16.4 Å². The first kappa shape index (κ1) is 34.2. The van der Waals surface area contributed by atoms with Crippen LogP contribution < -0.4 is 16.4 Å². The number of amides is 2. The van der Waals surface area contributed by atoms with Crippen LogP contribution in [0.25, 0.3) is 5.69 Å². The summed E-state index contributed by atoms with van der Waals surface area (Å²) < 4.78 is 57.5. The van der Waals surface area contributed by atoms with E-state index in [1.165, 1.54) is 35.2 Å². The number of nitrogens with zero attached hydrogens (tertiary/aromatic N) is 4. The Morgan fingerprint density at radius 3 is 2.40 bits per heavy atom. The van der Waals surface area contributed by atoms with Gasteiger partial charge in [-0.15, -0.1) is 0 Å². The van der Waals surface area contributed by atoms with Crippen molar-refractivity contribution >= 4 is 39.3 Å². The maximum absolute atomic E-state index is 14.0. The molecule has 17 heteroatoms. The summed E-state index contributed by atoms with van der Waals surface area (Å²) in [6.45, 7) is 4.17. The molecular formula is C31H34F2N8O6S. The average Bonchev–Trinajstić information content (AvgIpc) is 3.64. The van der Waals surface area contributed by atoms with Crippen molar-refractivity contribution in [3.8, 4) is 5.69 Å². The Morgan fingerprint density at radius 2 is 1.79 bits per heavy atom. The highest BCUT2D eigenvalue weighted by atomic mass is 32.2.